The molecular weight excluding hydrogens is 567 g/mol. The zero-order valence-electron chi connectivity index (χ0n) is 22.9. The van der Waals surface area contributed by atoms with Crippen LogP contribution in [0.25, 0.3) is 10.9 Å². The van der Waals surface area contributed by atoms with Crippen LogP contribution >= 0.6 is 15.9 Å². The number of aromatic nitrogens is 1. The number of pyridine rings is 1. The molecule has 1 amide bonds. The second kappa shape index (κ2) is 10.6. The van der Waals surface area contributed by atoms with E-state index >= 15 is 4.39 Å². The highest BCUT2D eigenvalue weighted by molar-refractivity contribution is 9.10. The summed E-state index contributed by atoms with van der Waals surface area (Å²) in [6.07, 6.45) is 3.29. The van der Waals surface area contributed by atoms with Crippen LogP contribution in [-0.4, -0.2) is 71.3 Å². The number of anilines is 2. The van der Waals surface area contributed by atoms with E-state index < -0.39 is 11.4 Å². The number of hydrogen-bond acceptors (Lipinski definition) is 8. The molecule has 4 aliphatic rings. The average molecular weight is 604 g/mol. The molecule has 4 heterocycles. The van der Waals surface area contributed by atoms with Gasteiger partial charge in [0.05, 0.1) is 28.3 Å². The summed E-state index contributed by atoms with van der Waals surface area (Å²) in [5.74, 6) is -0.102. The topological polar surface area (TPSA) is 117 Å². The van der Waals surface area contributed by atoms with Gasteiger partial charge >= 0.3 is 6.09 Å². The number of aryl methyl sites for hydroxylation is 1. The highest BCUT2D eigenvalue weighted by atomic mass is 79.9. The molecular formula is C28H36BrFN6O3. The van der Waals surface area contributed by atoms with Crippen molar-refractivity contribution in [1.29, 1.82) is 5.26 Å². The number of halogens is 2. The minimum Gasteiger partial charge on any atom is -0.474 e. The number of hydrogen-bond donors (Lipinski definition) is 2. The van der Waals surface area contributed by atoms with Crippen molar-refractivity contribution in [3.05, 3.63) is 21.9 Å². The van der Waals surface area contributed by atoms with Crippen molar-refractivity contribution in [2.24, 2.45) is 5.92 Å². The number of ether oxygens (including phenoxy) is 2. The molecule has 0 radical (unpaired) electrons. The van der Waals surface area contributed by atoms with Gasteiger partial charge in [-0.15, -0.1) is 0 Å². The van der Waals surface area contributed by atoms with Crippen molar-refractivity contribution in [3.63, 3.8) is 0 Å². The van der Waals surface area contributed by atoms with E-state index in [1.54, 1.807) is 4.90 Å². The van der Waals surface area contributed by atoms with Crippen LogP contribution in [0.4, 0.5) is 20.6 Å². The Balaban J connectivity index is 1.49. The van der Waals surface area contributed by atoms with Gasteiger partial charge in [0.1, 0.15) is 23.4 Å². The lowest BCUT2D eigenvalue weighted by atomic mass is 9.79. The first-order valence-corrected chi connectivity index (χ1v) is 14.3. The fourth-order valence-corrected chi connectivity index (χ4v) is 6.42. The minimum absolute atomic E-state index is 0.0534. The molecule has 3 saturated heterocycles. The quantitative estimate of drug-likeness (QED) is 0.451. The number of nitrogen functional groups attached to an aromatic ring is 1. The number of nitrogens with zero attached hydrogens (tertiary/aromatic N) is 4. The fraction of sp³-hybridized carbons (Fsp3) is 0.607. The Labute approximate surface area is 236 Å². The molecule has 2 aromatic rings. The Morgan fingerprint density at radius 2 is 2.18 bits per heavy atom. The van der Waals surface area contributed by atoms with E-state index in [4.69, 9.17) is 20.5 Å². The lowest BCUT2D eigenvalue weighted by molar-refractivity contribution is 0.0239. The lowest BCUT2D eigenvalue weighted by Crippen LogP contribution is -2.50. The molecule has 1 saturated carbocycles. The van der Waals surface area contributed by atoms with Gasteiger partial charge in [-0.25, -0.2) is 14.2 Å². The van der Waals surface area contributed by atoms with Crippen LogP contribution in [-0.2, 0) is 11.2 Å². The fourth-order valence-electron chi connectivity index (χ4n) is 5.92. The molecule has 39 heavy (non-hydrogen) atoms. The van der Waals surface area contributed by atoms with Gasteiger partial charge in [0.25, 0.3) is 0 Å². The normalized spacial score (nSPS) is 24.5. The number of nitrogens with one attached hydrogen (secondary N) is 1. The van der Waals surface area contributed by atoms with Gasteiger partial charge in [-0.1, -0.05) is 0 Å². The number of fused-ring (bicyclic) bond motifs is 2. The highest BCUT2D eigenvalue weighted by Gasteiger charge is 2.55. The third-order valence-corrected chi connectivity index (χ3v) is 8.92. The average Bonchev–Trinajstić information content (AvgIpc) is 3.58. The van der Waals surface area contributed by atoms with Crippen molar-refractivity contribution < 1.29 is 18.7 Å². The zero-order chi connectivity index (χ0) is 28.1. The van der Waals surface area contributed by atoms with Gasteiger partial charge in [0.15, 0.2) is 5.82 Å². The maximum atomic E-state index is 15.7. The molecule has 3 unspecified atom stereocenters. The maximum absolute atomic E-state index is 15.7. The second-order valence-electron chi connectivity index (χ2n) is 11.9. The van der Waals surface area contributed by atoms with E-state index in [0.717, 1.165) is 25.8 Å². The molecule has 2 bridgehead atoms. The molecule has 0 spiro atoms. The molecule has 1 aliphatic carbocycles. The Morgan fingerprint density at radius 1 is 1.41 bits per heavy atom. The predicted octanol–water partition coefficient (Wildman–Crippen LogP) is 5.07. The van der Waals surface area contributed by atoms with Crippen molar-refractivity contribution in [2.75, 3.05) is 37.8 Å². The third-order valence-electron chi connectivity index (χ3n) is 8.07. The van der Waals surface area contributed by atoms with Gasteiger partial charge < -0.3 is 30.3 Å². The first-order chi connectivity index (χ1) is 18.5. The largest absolute Gasteiger partial charge is 0.474 e. The smallest absolute Gasteiger partial charge is 0.410 e. The van der Waals surface area contributed by atoms with Gasteiger partial charge in [-0.2, -0.15) is 5.26 Å². The van der Waals surface area contributed by atoms with E-state index in [2.05, 4.69) is 44.2 Å². The van der Waals surface area contributed by atoms with Crippen molar-refractivity contribution in [2.45, 2.75) is 76.6 Å². The van der Waals surface area contributed by atoms with Gasteiger partial charge in [-0.05, 0) is 87.6 Å². The summed E-state index contributed by atoms with van der Waals surface area (Å²) >= 11 is 3.37. The third kappa shape index (κ3) is 5.33. The minimum atomic E-state index is -0.580. The summed E-state index contributed by atoms with van der Waals surface area (Å²) in [4.78, 5) is 21.4. The molecule has 9 nitrogen and oxygen atoms in total. The Hall–Kier alpha value is -2.84. The summed E-state index contributed by atoms with van der Waals surface area (Å²) in [7, 11) is 2.06. The first kappa shape index (κ1) is 27.7. The van der Waals surface area contributed by atoms with Crippen LogP contribution in [0.5, 0.6) is 5.88 Å². The van der Waals surface area contributed by atoms with Gasteiger partial charge in [0, 0.05) is 30.3 Å². The molecule has 3 N–H and O–H groups in total. The molecule has 4 fully saturated rings. The summed E-state index contributed by atoms with van der Waals surface area (Å²) in [6, 6.07) is 4.09. The molecule has 11 heteroatoms. The van der Waals surface area contributed by atoms with Crippen LogP contribution < -0.4 is 15.8 Å². The zero-order valence-corrected chi connectivity index (χ0v) is 24.5. The molecule has 3 aliphatic heterocycles. The van der Waals surface area contributed by atoms with Gasteiger partial charge in [0.2, 0.25) is 5.88 Å². The summed E-state index contributed by atoms with van der Waals surface area (Å²) in [5, 5.41) is 13.2. The van der Waals surface area contributed by atoms with Crippen LogP contribution in [0.2, 0.25) is 0 Å². The predicted molar refractivity (Wildman–Crippen MR) is 151 cm³/mol. The molecule has 4 atom stereocenters. The highest BCUT2D eigenvalue weighted by Crippen LogP contribution is 2.47. The summed E-state index contributed by atoms with van der Waals surface area (Å²) < 4.78 is 27.7. The van der Waals surface area contributed by atoms with Crippen molar-refractivity contribution in [1.82, 2.24) is 14.8 Å². The number of likely N-dealkylation sites (N-methyl/N-ethyl adjacent to an activating group) is 1. The number of rotatable bonds is 7. The van der Waals surface area contributed by atoms with Crippen LogP contribution in [0.1, 0.15) is 52.0 Å². The SMILES string of the molecule is CN1CCC[C@H]1COc1nc2c(F)c(Br)c(CCC#N)cc2c(NC2C3CC2N(C(=O)OC(C)(C)C)C3)c1N. The van der Waals surface area contributed by atoms with E-state index in [-0.39, 0.29) is 52.4 Å². The standard InChI is InChI=1S/C28H36BrFN6O3/c1-28(2,3)39-27(37)36-13-16-12-19(36)23(16)33-25-18-11-15(7-5-9-31)20(29)21(30)24(18)34-26(22(25)32)38-14-17-8-6-10-35(17)4/h11,16-17,19,23H,5-8,10,12-14,32H2,1-4H3,(H,33,34)/t16?,17-,19?,23?/m0/s1. The van der Waals surface area contributed by atoms with E-state index in [1.807, 2.05) is 26.8 Å². The molecule has 6 rings (SSSR count). The Morgan fingerprint density at radius 3 is 2.85 bits per heavy atom. The molecule has 1 aromatic carbocycles. The first-order valence-electron chi connectivity index (χ1n) is 13.5. The lowest BCUT2D eigenvalue weighted by Gasteiger charge is -2.38. The number of nitrogens with two attached hydrogens (primary N) is 1. The number of carbonyl (C=O) groups is 1. The van der Waals surface area contributed by atoms with Crippen LogP contribution in [0, 0.1) is 23.1 Å². The number of carbonyl (C=O) groups excluding carboxylic acids is 1. The van der Waals surface area contributed by atoms with Crippen molar-refractivity contribution in [3.8, 4) is 11.9 Å². The van der Waals surface area contributed by atoms with E-state index in [9.17, 15) is 4.79 Å². The molecule has 210 valence electrons. The Kier molecular flexibility index (Phi) is 7.55. The van der Waals surface area contributed by atoms with Crippen LogP contribution in [0.15, 0.2) is 10.5 Å². The Bertz CT molecular complexity index is 1330. The number of nitriles is 1. The van der Waals surface area contributed by atoms with Crippen molar-refractivity contribution >= 4 is 44.3 Å². The monoisotopic (exact) mass is 602 g/mol. The summed E-state index contributed by atoms with van der Waals surface area (Å²) in [6.45, 7) is 7.56. The molecule has 1 aromatic heterocycles. The number of benzene rings is 1. The maximum Gasteiger partial charge on any atom is 0.410 e. The van der Waals surface area contributed by atoms with E-state index in [0.29, 0.717) is 41.9 Å². The second-order valence-corrected chi connectivity index (χ2v) is 12.7. The number of likely N-dealkylation sites (tertiary alicyclic amines) is 1. The summed E-state index contributed by atoms with van der Waals surface area (Å²) in [5.41, 5.74) is 7.75. The van der Waals surface area contributed by atoms with Gasteiger partial charge in [-0.3, -0.25) is 0 Å². The van der Waals surface area contributed by atoms with E-state index in [1.165, 1.54) is 0 Å². The number of amides is 1. The van der Waals surface area contributed by atoms with Crippen LogP contribution in [0.3, 0.4) is 0 Å².